The Hall–Kier alpha value is -2.55. The Balaban J connectivity index is 1.56. The van der Waals surface area contributed by atoms with E-state index in [2.05, 4.69) is 9.88 Å². The van der Waals surface area contributed by atoms with E-state index >= 15 is 0 Å². The van der Waals surface area contributed by atoms with Crippen LogP contribution >= 0.6 is 11.3 Å². The van der Waals surface area contributed by atoms with E-state index in [1.165, 1.54) is 23.5 Å². The van der Waals surface area contributed by atoms with E-state index in [0.29, 0.717) is 22.8 Å². The molecule has 0 bridgehead atoms. The van der Waals surface area contributed by atoms with Gasteiger partial charge in [0.1, 0.15) is 5.82 Å². The lowest BCUT2D eigenvalue weighted by molar-refractivity contribution is 0.0376. The monoisotopic (exact) mass is 442 g/mol. The van der Waals surface area contributed by atoms with Crippen LogP contribution in [0.5, 0.6) is 0 Å². The largest absolute Gasteiger partial charge is 0.379 e. The Morgan fingerprint density at radius 2 is 1.90 bits per heavy atom. The smallest absolute Gasteiger partial charge is 0.260 e. The number of hydrogen-bond acceptors (Lipinski definition) is 6. The van der Waals surface area contributed by atoms with Gasteiger partial charge in [0.15, 0.2) is 5.13 Å². The Labute approximate surface area is 185 Å². The lowest BCUT2D eigenvalue weighted by atomic mass is 10.1. The van der Waals surface area contributed by atoms with Crippen LogP contribution in [0, 0.1) is 5.82 Å². The fourth-order valence-corrected chi connectivity index (χ4v) is 4.64. The summed E-state index contributed by atoms with van der Waals surface area (Å²) in [4.78, 5) is 24.1. The van der Waals surface area contributed by atoms with Crippen LogP contribution < -0.4 is 9.80 Å². The topological polar surface area (TPSA) is 48.9 Å². The summed E-state index contributed by atoms with van der Waals surface area (Å²) in [5.74, 6) is -0.390. The van der Waals surface area contributed by atoms with Crippen molar-refractivity contribution in [1.29, 1.82) is 0 Å². The normalized spacial score (nSPS) is 14.7. The Morgan fingerprint density at radius 1 is 1.16 bits per heavy atom. The summed E-state index contributed by atoms with van der Waals surface area (Å²) in [5, 5.41) is 0.601. The van der Waals surface area contributed by atoms with Gasteiger partial charge < -0.3 is 9.64 Å². The van der Waals surface area contributed by atoms with Gasteiger partial charge in [0, 0.05) is 51.5 Å². The molecule has 164 valence electrons. The minimum atomic E-state index is -0.299. The number of carbonyl (C=O) groups is 1. The van der Waals surface area contributed by atoms with Gasteiger partial charge in [-0.15, -0.1) is 0 Å². The van der Waals surface area contributed by atoms with Gasteiger partial charge in [-0.05, 0) is 48.9 Å². The van der Waals surface area contributed by atoms with Crippen LogP contribution in [0.25, 0.3) is 10.2 Å². The molecule has 0 saturated carbocycles. The van der Waals surface area contributed by atoms with E-state index in [0.717, 1.165) is 49.7 Å². The molecule has 3 aromatic rings. The van der Waals surface area contributed by atoms with Gasteiger partial charge in [-0.3, -0.25) is 14.6 Å². The number of morpholine rings is 1. The van der Waals surface area contributed by atoms with E-state index in [1.807, 2.05) is 43.3 Å². The van der Waals surface area contributed by atoms with Crippen molar-refractivity contribution in [2.45, 2.75) is 6.42 Å². The van der Waals surface area contributed by atoms with E-state index in [9.17, 15) is 9.18 Å². The number of thiazole rings is 1. The van der Waals surface area contributed by atoms with Crippen molar-refractivity contribution >= 4 is 38.3 Å². The lowest BCUT2D eigenvalue weighted by Crippen LogP contribution is -2.39. The first-order valence-electron chi connectivity index (χ1n) is 10.5. The number of hydrogen-bond donors (Lipinski definition) is 0. The number of rotatable bonds is 7. The number of fused-ring (bicyclic) bond motifs is 1. The number of halogens is 1. The molecule has 31 heavy (non-hydrogen) atoms. The second kappa shape index (κ2) is 9.72. The molecule has 1 aliphatic heterocycles. The second-order valence-electron chi connectivity index (χ2n) is 7.81. The predicted octanol–water partition coefficient (Wildman–Crippen LogP) is 3.87. The zero-order valence-electron chi connectivity index (χ0n) is 17.9. The standard InChI is InChI=1S/C23H27FN4O2S/c1-26(2)19-7-4-17(5-8-19)22(29)28(11-3-10-27-12-14-30-15-13-27)23-25-20-9-6-18(24)16-21(20)31-23/h4-9,16H,3,10-15H2,1-2H3. The highest BCUT2D eigenvalue weighted by Gasteiger charge is 2.22. The van der Waals surface area contributed by atoms with Crippen LogP contribution in [-0.4, -0.2) is 69.3 Å². The molecule has 0 atom stereocenters. The zero-order chi connectivity index (χ0) is 21.8. The molecule has 2 heterocycles. The molecule has 1 fully saturated rings. The Kier molecular flexibility index (Phi) is 6.80. The van der Waals surface area contributed by atoms with Crippen molar-refractivity contribution in [3.05, 3.63) is 53.8 Å². The average Bonchev–Trinajstić information content (AvgIpc) is 3.20. The van der Waals surface area contributed by atoms with Crippen molar-refractivity contribution in [2.24, 2.45) is 0 Å². The summed E-state index contributed by atoms with van der Waals surface area (Å²) >= 11 is 1.35. The van der Waals surface area contributed by atoms with Gasteiger partial charge in [-0.1, -0.05) is 11.3 Å². The van der Waals surface area contributed by atoms with Gasteiger partial charge in [-0.2, -0.15) is 0 Å². The first-order valence-corrected chi connectivity index (χ1v) is 11.3. The van der Waals surface area contributed by atoms with E-state index < -0.39 is 0 Å². The molecule has 2 aromatic carbocycles. The Bertz CT molecular complexity index is 1030. The summed E-state index contributed by atoms with van der Waals surface area (Å²) < 4.78 is 19.8. The minimum Gasteiger partial charge on any atom is -0.379 e. The number of carbonyl (C=O) groups excluding carboxylic acids is 1. The molecule has 1 saturated heterocycles. The Morgan fingerprint density at radius 3 is 2.61 bits per heavy atom. The summed E-state index contributed by atoms with van der Waals surface area (Å²) in [6.45, 7) is 4.79. The molecular weight excluding hydrogens is 415 g/mol. The summed E-state index contributed by atoms with van der Waals surface area (Å²) in [5.41, 5.74) is 2.35. The van der Waals surface area contributed by atoms with E-state index in [-0.39, 0.29) is 11.7 Å². The fourth-order valence-electron chi connectivity index (χ4n) is 3.62. The number of nitrogens with zero attached hydrogens (tertiary/aromatic N) is 4. The van der Waals surface area contributed by atoms with Crippen LogP contribution in [0.3, 0.4) is 0 Å². The third kappa shape index (κ3) is 5.20. The minimum absolute atomic E-state index is 0.0909. The van der Waals surface area contributed by atoms with Crippen LogP contribution in [0.2, 0.25) is 0 Å². The molecule has 1 amide bonds. The molecular formula is C23H27FN4O2S. The third-order valence-corrected chi connectivity index (χ3v) is 6.45. The fraction of sp³-hybridized carbons (Fsp3) is 0.391. The van der Waals surface area contributed by atoms with Crippen LogP contribution in [0.15, 0.2) is 42.5 Å². The molecule has 8 heteroatoms. The predicted molar refractivity (Wildman–Crippen MR) is 124 cm³/mol. The van der Waals surface area contributed by atoms with Crippen molar-refractivity contribution in [3.63, 3.8) is 0 Å². The van der Waals surface area contributed by atoms with Gasteiger partial charge in [0.2, 0.25) is 0 Å². The van der Waals surface area contributed by atoms with Crippen LogP contribution in [0.1, 0.15) is 16.8 Å². The maximum absolute atomic E-state index is 13.7. The van der Waals surface area contributed by atoms with Gasteiger partial charge >= 0.3 is 0 Å². The molecule has 6 nitrogen and oxygen atoms in total. The second-order valence-corrected chi connectivity index (χ2v) is 8.82. The number of aromatic nitrogens is 1. The van der Waals surface area contributed by atoms with Crippen molar-refractivity contribution in [1.82, 2.24) is 9.88 Å². The molecule has 0 spiro atoms. The number of anilines is 2. The maximum Gasteiger partial charge on any atom is 0.260 e. The summed E-state index contributed by atoms with van der Waals surface area (Å²) in [7, 11) is 3.93. The molecule has 0 aliphatic carbocycles. The zero-order valence-corrected chi connectivity index (χ0v) is 18.7. The van der Waals surface area contributed by atoms with Crippen LogP contribution in [0.4, 0.5) is 15.2 Å². The van der Waals surface area contributed by atoms with Gasteiger partial charge in [0.05, 0.1) is 23.4 Å². The molecule has 1 aromatic heterocycles. The van der Waals surface area contributed by atoms with Crippen molar-refractivity contribution in [3.8, 4) is 0 Å². The highest BCUT2D eigenvalue weighted by molar-refractivity contribution is 7.22. The average molecular weight is 443 g/mol. The quantitative estimate of drug-likeness (QED) is 0.556. The summed E-state index contributed by atoms with van der Waals surface area (Å²) in [6, 6.07) is 12.1. The number of benzene rings is 2. The molecule has 0 unspecified atom stereocenters. The highest BCUT2D eigenvalue weighted by atomic mass is 32.1. The number of ether oxygens (including phenoxy) is 1. The molecule has 0 N–H and O–H groups in total. The first-order chi connectivity index (χ1) is 15.0. The lowest BCUT2D eigenvalue weighted by Gasteiger charge is -2.27. The molecule has 4 rings (SSSR count). The SMILES string of the molecule is CN(C)c1ccc(C(=O)N(CCCN2CCOCC2)c2nc3ccc(F)cc3s2)cc1. The van der Waals surface area contributed by atoms with E-state index in [1.54, 1.807) is 11.0 Å². The maximum atomic E-state index is 13.7. The molecule has 0 radical (unpaired) electrons. The van der Waals surface area contributed by atoms with Gasteiger partial charge in [-0.25, -0.2) is 9.37 Å². The van der Waals surface area contributed by atoms with Crippen LogP contribution in [-0.2, 0) is 4.74 Å². The first kappa shape index (κ1) is 21.7. The molecule has 1 aliphatic rings. The van der Waals surface area contributed by atoms with Crippen molar-refractivity contribution < 1.29 is 13.9 Å². The van der Waals surface area contributed by atoms with E-state index in [4.69, 9.17) is 4.74 Å². The highest BCUT2D eigenvalue weighted by Crippen LogP contribution is 2.30. The van der Waals surface area contributed by atoms with Crippen molar-refractivity contribution in [2.75, 3.05) is 63.3 Å². The third-order valence-electron chi connectivity index (χ3n) is 5.41. The number of amides is 1. The van der Waals surface area contributed by atoms with Gasteiger partial charge in [0.25, 0.3) is 5.91 Å². The summed E-state index contributed by atoms with van der Waals surface area (Å²) in [6.07, 6.45) is 0.825.